The van der Waals surface area contributed by atoms with Crippen LogP contribution in [0.1, 0.15) is 37.6 Å². The van der Waals surface area contributed by atoms with Crippen molar-refractivity contribution in [2.45, 2.75) is 45.3 Å². The number of nitriles is 1. The number of carbonyl (C=O) groups excluding carboxylic acids is 2. The first-order chi connectivity index (χ1) is 10.8. The van der Waals surface area contributed by atoms with Crippen molar-refractivity contribution in [1.29, 1.82) is 5.26 Å². The van der Waals surface area contributed by atoms with E-state index in [2.05, 4.69) is 11.1 Å². The molecule has 4 atom stereocenters. The molecule has 6 nitrogen and oxygen atoms in total. The molecular weight excluding hydrogens is 292 g/mol. The zero-order valence-electron chi connectivity index (χ0n) is 13.8. The Balaban J connectivity index is 2.12. The molecule has 0 N–H and O–H groups in total. The molecule has 0 aliphatic carbocycles. The van der Waals surface area contributed by atoms with Gasteiger partial charge in [0.2, 0.25) is 11.8 Å². The molecule has 2 aliphatic rings. The van der Waals surface area contributed by atoms with Gasteiger partial charge in [0.25, 0.3) is 0 Å². The van der Waals surface area contributed by atoms with Crippen molar-refractivity contribution in [3.63, 3.8) is 0 Å². The second kappa shape index (κ2) is 5.05. The number of pyridine rings is 1. The molecule has 0 unspecified atom stereocenters. The maximum absolute atomic E-state index is 12.8. The van der Waals surface area contributed by atoms with Crippen LogP contribution in [0.5, 0.6) is 0 Å². The van der Waals surface area contributed by atoms with E-state index in [-0.39, 0.29) is 11.8 Å². The van der Waals surface area contributed by atoms with Crippen LogP contribution in [-0.2, 0) is 9.59 Å². The second-order valence-corrected chi connectivity index (χ2v) is 6.76. The van der Waals surface area contributed by atoms with Crippen LogP contribution in [0.2, 0.25) is 0 Å². The van der Waals surface area contributed by atoms with Gasteiger partial charge in [-0.1, -0.05) is 6.07 Å². The standard InChI is InChI=1S/C17H20N4O2/c1-10-5-6-12(8-19-10)14-17(3,9-18)7-13-16(23)20(4)11(2)15(22)21(13)14/h5-6,8,11,13-14H,7H2,1-4H3/t11-,13+,14+,17-/m1/s1. The van der Waals surface area contributed by atoms with Crippen molar-refractivity contribution in [3.8, 4) is 6.07 Å². The van der Waals surface area contributed by atoms with Crippen LogP contribution in [0.15, 0.2) is 18.3 Å². The van der Waals surface area contributed by atoms with Gasteiger partial charge in [-0.25, -0.2) is 0 Å². The molecule has 1 aromatic heterocycles. The molecule has 120 valence electrons. The van der Waals surface area contributed by atoms with E-state index in [1.165, 1.54) is 4.90 Å². The van der Waals surface area contributed by atoms with Crippen LogP contribution in [0.25, 0.3) is 0 Å². The van der Waals surface area contributed by atoms with E-state index in [4.69, 9.17) is 0 Å². The summed E-state index contributed by atoms with van der Waals surface area (Å²) >= 11 is 0. The van der Waals surface area contributed by atoms with E-state index in [9.17, 15) is 14.9 Å². The molecule has 0 aromatic carbocycles. The Morgan fingerprint density at radius 2 is 2.04 bits per heavy atom. The molecule has 3 rings (SSSR count). The average Bonchev–Trinajstić information content (AvgIpc) is 2.86. The highest BCUT2D eigenvalue weighted by atomic mass is 16.2. The third kappa shape index (κ3) is 2.11. The van der Waals surface area contributed by atoms with Gasteiger partial charge in [-0.15, -0.1) is 0 Å². The van der Waals surface area contributed by atoms with E-state index in [0.717, 1.165) is 11.3 Å². The molecule has 0 bridgehead atoms. The van der Waals surface area contributed by atoms with Gasteiger partial charge in [0, 0.05) is 18.9 Å². The first-order valence-electron chi connectivity index (χ1n) is 7.73. The number of rotatable bonds is 1. The maximum atomic E-state index is 12.8. The van der Waals surface area contributed by atoms with Gasteiger partial charge in [-0.3, -0.25) is 14.6 Å². The van der Waals surface area contributed by atoms with Gasteiger partial charge < -0.3 is 9.80 Å². The number of aryl methyl sites for hydroxylation is 1. The van der Waals surface area contributed by atoms with Crippen LogP contribution in [0.3, 0.4) is 0 Å². The third-order valence-electron chi connectivity index (χ3n) is 5.17. The molecule has 0 radical (unpaired) electrons. The van der Waals surface area contributed by atoms with Gasteiger partial charge in [-0.05, 0) is 38.8 Å². The van der Waals surface area contributed by atoms with Gasteiger partial charge >= 0.3 is 0 Å². The minimum atomic E-state index is -0.808. The summed E-state index contributed by atoms with van der Waals surface area (Å²) in [6.45, 7) is 5.43. The predicted molar refractivity (Wildman–Crippen MR) is 82.9 cm³/mol. The van der Waals surface area contributed by atoms with Crippen molar-refractivity contribution < 1.29 is 9.59 Å². The lowest BCUT2D eigenvalue weighted by molar-refractivity contribution is -0.159. The zero-order chi connectivity index (χ0) is 16.9. The molecule has 2 saturated heterocycles. The summed E-state index contributed by atoms with van der Waals surface area (Å²) in [5.41, 5.74) is 0.869. The van der Waals surface area contributed by atoms with Gasteiger partial charge in [0.15, 0.2) is 0 Å². The predicted octanol–water partition coefficient (Wildman–Crippen LogP) is 1.42. The number of aromatic nitrogens is 1. The first kappa shape index (κ1) is 15.5. The highest BCUT2D eigenvalue weighted by Gasteiger charge is 2.58. The molecule has 3 heterocycles. The molecule has 2 amide bonds. The van der Waals surface area contributed by atoms with Crippen molar-refractivity contribution in [2.75, 3.05) is 7.05 Å². The first-order valence-corrected chi connectivity index (χ1v) is 7.73. The largest absolute Gasteiger partial charge is 0.332 e. The normalized spacial score (nSPS) is 33.6. The topological polar surface area (TPSA) is 77.3 Å². The Bertz CT molecular complexity index is 708. The Labute approximate surface area is 135 Å². The average molecular weight is 312 g/mol. The minimum Gasteiger partial charge on any atom is -0.332 e. The number of carbonyl (C=O) groups is 2. The highest BCUT2D eigenvalue weighted by molar-refractivity contribution is 5.97. The number of hydrogen-bond acceptors (Lipinski definition) is 4. The Kier molecular flexibility index (Phi) is 3.40. The maximum Gasteiger partial charge on any atom is 0.246 e. The fraction of sp³-hybridized carbons (Fsp3) is 0.529. The summed E-state index contributed by atoms with van der Waals surface area (Å²) in [4.78, 5) is 32.8. The van der Waals surface area contributed by atoms with E-state index in [1.54, 1.807) is 25.1 Å². The summed E-state index contributed by atoms with van der Waals surface area (Å²) in [6.07, 6.45) is 2.06. The fourth-order valence-electron chi connectivity index (χ4n) is 3.67. The van der Waals surface area contributed by atoms with E-state index >= 15 is 0 Å². The Morgan fingerprint density at radius 1 is 1.35 bits per heavy atom. The monoisotopic (exact) mass is 312 g/mol. The number of amides is 2. The van der Waals surface area contributed by atoms with Crippen LogP contribution in [-0.4, -0.2) is 45.7 Å². The molecular formula is C17H20N4O2. The molecule has 1 aromatic rings. The Morgan fingerprint density at radius 3 is 2.61 bits per heavy atom. The number of fused-ring (bicyclic) bond motifs is 1. The van der Waals surface area contributed by atoms with Gasteiger partial charge in [0.1, 0.15) is 12.1 Å². The van der Waals surface area contributed by atoms with E-state index in [1.807, 2.05) is 26.0 Å². The lowest BCUT2D eigenvalue weighted by Crippen LogP contribution is -2.60. The van der Waals surface area contributed by atoms with Crippen LogP contribution in [0.4, 0.5) is 0 Å². The summed E-state index contributed by atoms with van der Waals surface area (Å²) in [5, 5.41) is 9.73. The summed E-state index contributed by atoms with van der Waals surface area (Å²) < 4.78 is 0. The molecule has 2 fully saturated rings. The summed E-state index contributed by atoms with van der Waals surface area (Å²) in [5.74, 6) is -0.206. The van der Waals surface area contributed by atoms with Crippen LogP contribution in [0, 0.1) is 23.7 Å². The number of likely N-dealkylation sites (N-methyl/N-ethyl adjacent to an activating group) is 1. The molecule has 23 heavy (non-hydrogen) atoms. The summed E-state index contributed by atoms with van der Waals surface area (Å²) in [7, 11) is 1.65. The zero-order valence-corrected chi connectivity index (χ0v) is 13.8. The Hall–Kier alpha value is -2.42. The highest BCUT2D eigenvalue weighted by Crippen LogP contribution is 2.51. The van der Waals surface area contributed by atoms with Crippen LogP contribution >= 0.6 is 0 Å². The van der Waals surface area contributed by atoms with Crippen molar-refractivity contribution in [2.24, 2.45) is 5.41 Å². The molecule has 2 aliphatic heterocycles. The summed E-state index contributed by atoms with van der Waals surface area (Å²) in [6, 6.07) is 4.57. The molecule has 0 spiro atoms. The van der Waals surface area contributed by atoms with E-state index in [0.29, 0.717) is 6.42 Å². The van der Waals surface area contributed by atoms with Gasteiger partial charge in [0.05, 0.1) is 17.5 Å². The smallest absolute Gasteiger partial charge is 0.246 e. The number of hydrogen-bond donors (Lipinski definition) is 0. The van der Waals surface area contributed by atoms with Crippen molar-refractivity contribution in [1.82, 2.24) is 14.8 Å². The van der Waals surface area contributed by atoms with Gasteiger partial charge in [-0.2, -0.15) is 5.26 Å². The molecule has 0 saturated carbocycles. The minimum absolute atomic E-state index is 0.0962. The lowest BCUT2D eigenvalue weighted by atomic mass is 9.80. The molecule has 6 heteroatoms. The SMILES string of the molecule is Cc1ccc([C@@H]2N3C(=O)[C@@H](C)N(C)C(=O)[C@@H]3C[C@]2(C)C#N)cn1. The second-order valence-electron chi connectivity index (χ2n) is 6.76. The van der Waals surface area contributed by atoms with Crippen LogP contribution < -0.4 is 0 Å². The number of nitrogens with zero attached hydrogens (tertiary/aromatic N) is 4. The number of piperazine rings is 1. The lowest BCUT2D eigenvalue weighted by Gasteiger charge is -2.41. The third-order valence-corrected chi connectivity index (χ3v) is 5.17. The van der Waals surface area contributed by atoms with Crippen molar-refractivity contribution >= 4 is 11.8 Å². The quantitative estimate of drug-likeness (QED) is 0.786. The van der Waals surface area contributed by atoms with E-state index < -0.39 is 23.5 Å². The fourth-order valence-corrected chi connectivity index (χ4v) is 3.67. The van der Waals surface area contributed by atoms with Crippen molar-refractivity contribution in [3.05, 3.63) is 29.6 Å².